The molecule has 71 heavy (non-hydrogen) atoms. The van der Waals surface area contributed by atoms with Crippen LogP contribution in [0.2, 0.25) is 0 Å². The van der Waals surface area contributed by atoms with Gasteiger partial charge in [0.15, 0.2) is 0 Å². The van der Waals surface area contributed by atoms with Crippen molar-refractivity contribution in [1.82, 2.24) is 21.6 Å². The quantitative estimate of drug-likeness (QED) is 0.0312. The Morgan fingerprint density at radius 2 is 0.746 bits per heavy atom. The van der Waals surface area contributed by atoms with Crippen LogP contribution in [0.1, 0.15) is 51.4 Å². The molecule has 2 aliphatic rings. The summed E-state index contributed by atoms with van der Waals surface area (Å²) in [5.41, 5.74) is 14.7. The van der Waals surface area contributed by atoms with Crippen LogP contribution in [0.4, 0.5) is 17.1 Å². The lowest BCUT2D eigenvalue weighted by Gasteiger charge is -2.03. The van der Waals surface area contributed by atoms with E-state index in [1.807, 2.05) is 42.5 Å². The lowest BCUT2D eigenvalue weighted by molar-refractivity contribution is -0.153. The summed E-state index contributed by atoms with van der Waals surface area (Å²) in [4.78, 5) is 125. The van der Waals surface area contributed by atoms with E-state index >= 15 is 0 Å². The molecule has 2 saturated heterocycles. The van der Waals surface area contributed by atoms with Crippen LogP contribution in [0.3, 0.4) is 0 Å². The van der Waals surface area contributed by atoms with Gasteiger partial charge in [-0.2, -0.15) is 0 Å². The number of hydrogen-bond donors (Lipinski definition) is 11. The van der Waals surface area contributed by atoms with E-state index < -0.39 is 65.9 Å². The number of aliphatic hydroxyl groups is 1. The molecule has 3 aromatic carbocycles. The van der Waals surface area contributed by atoms with Crippen molar-refractivity contribution in [3.05, 3.63) is 91.0 Å². The van der Waals surface area contributed by atoms with Gasteiger partial charge in [0.05, 0.1) is 39.9 Å². The number of para-hydroxylation sites is 3. The molecule has 0 unspecified atom stereocenters. The highest BCUT2D eigenvalue weighted by Crippen LogP contribution is 2.07. The van der Waals surface area contributed by atoms with Crippen LogP contribution < -0.4 is 43.7 Å². The fraction of sp³-hybridized carbons (Fsp3) is 0.318. The first-order valence-corrected chi connectivity index (χ1v) is 20.2. The van der Waals surface area contributed by atoms with Crippen molar-refractivity contribution in [1.29, 1.82) is 0 Å². The normalized spacial score (nSPS) is 10.7. The number of aliphatic hydroxyl groups excluding tert-OH is 1. The molecule has 0 bridgehead atoms. The molecule has 13 N–H and O–H groups in total. The molecule has 27 heteroatoms. The number of nitrogens with two attached hydrogens (primary N) is 2. The van der Waals surface area contributed by atoms with Gasteiger partial charge in [0.1, 0.15) is 25.7 Å². The van der Waals surface area contributed by atoms with Gasteiger partial charge < -0.3 is 56.8 Å². The number of benzene rings is 3. The Morgan fingerprint density at radius 3 is 0.986 bits per heavy atom. The number of esters is 6. The Balaban J connectivity index is -0.000000371. The predicted molar refractivity (Wildman–Crippen MR) is 250 cm³/mol. The second kappa shape index (κ2) is 46.5. The average molecular weight is 1010 g/mol. The number of hydrogen-bond acceptors (Lipinski definition) is 21. The van der Waals surface area contributed by atoms with Crippen LogP contribution in [0.15, 0.2) is 91.0 Å². The van der Waals surface area contributed by atoms with Crippen molar-refractivity contribution in [2.24, 2.45) is 5.73 Å². The summed E-state index contributed by atoms with van der Waals surface area (Å²) >= 11 is 0. The molecule has 2 fully saturated rings. The number of amides is 6. The van der Waals surface area contributed by atoms with E-state index in [9.17, 15) is 57.5 Å². The zero-order valence-corrected chi connectivity index (χ0v) is 39.8. The van der Waals surface area contributed by atoms with Gasteiger partial charge in [-0.05, 0) is 43.4 Å². The topological polar surface area (TPSA) is 427 Å². The largest absolute Gasteiger partial charge is 0.469 e. The van der Waals surface area contributed by atoms with Crippen LogP contribution >= 0.6 is 0 Å². The highest BCUT2D eigenvalue weighted by Gasteiger charge is 2.20. The molecule has 2 aliphatic heterocycles. The maximum absolute atomic E-state index is 11.2. The van der Waals surface area contributed by atoms with Crippen molar-refractivity contribution in [3.8, 4) is 0 Å². The Bertz CT molecular complexity index is 1880. The fourth-order valence-corrected chi connectivity index (χ4v) is 3.73. The number of hydroxylamine groups is 2. The lowest BCUT2D eigenvalue weighted by atomic mass is 10.3. The third kappa shape index (κ3) is 44.9. The van der Waals surface area contributed by atoms with Crippen LogP contribution in [-0.2, 0) is 76.5 Å². The SMILES string of the molecule is CN.CNC(=O)CC(=O)NO.CNC(=O)CC(=O)OC.CO.COC(=O)CC(=O)Nc1ccccc1.Nc1ccccc1.O=C(CC(=O)Nc1ccccc1)NO.O=C1CCC(=O)O1.O=C1CCC(=O)O1. The van der Waals surface area contributed by atoms with Crippen molar-refractivity contribution in [2.45, 2.75) is 51.4 Å². The van der Waals surface area contributed by atoms with Crippen molar-refractivity contribution < 1.29 is 92.0 Å². The van der Waals surface area contributed by atoms with Gasteiger partial charge in [0.25, 0.3) is 11.8 Å². The summed E-state index contributed by atoms with van der Waals surface area (Å²) < 4.78 is 16.7. The summed E-state index contributed by atoms with van der Waals surface area (Å²) in [6.45, 7) is 0. The van der Waals surface area contributed by atoms with Gasteiger partial charge in [-0.1, -0.05) is 54.6 Å². The zero-order valence-electron chi connectivity index (χ0n) is 39.8. The maximum atomic E-state index is 11.2. The smallest absolute Gasteiger partial charge is 0.315 e. The summed E-state index contributed by atoms with van der Waals surface area (Å²) in [6.07, 6.45) is -0.147. The molecule has 0 radical (unpaired) electrons. The number of ether oxygens (including phenoxy) is 4. The van der Waals surface area contributed by atoms with Gasteiger partial charge in [-0.15, -0.1) is 0 Å². The second-order valence-corrected chi connectivity index (χ2v) is 12.2. The number of carbonyl (C=O) groups excluding carboxylic acids is 12. The van der Waals surface area contributed by atoms with E-state index in [2.05, 4.69) is 45.9 Å². The molecule has 6 amide bonds. The monoisotopic (exact) mass is 1010 g/mol. The Morgan fingerprint density at radius 1 is 0.479 bits per heavy atom. The number of nitrogen functional groups attached to an aromatic ring is 1. The molecular weight excluding hydrogens is 945 g/mol. The van der Waals surface area contributed by atoms with E-state index in [0.717, 1.165) is 12.8 Å². The summed E-state index contributed by atoms with van der Waals surface area (Å²) in [6, 6.07) is 27.2. The number of carbonyl (C=O) groups is 12. The van der Waals surface area contributed by atoms with Gasteiger partial charge in [-0.3, -0.25) is 67.9 Å². The van der Waals surface area contributed by atoms with Gasteiger partial charge in [0, 0.05) is 38.3 Å². The van der Waals surface area contributed by atoms with Crippen LogP contribution in [-0.4, -0.2) is 129 Å². The number of methoxy groups -OCH3 is 2. The van der Waals surface area contributed by atoms with E-state index in [4.69, 9.17) is 21.3 Å². The predicted octanol–water partition coefficient (Wildman–Crippen LogP) is -0.216. The molecule has 392 valence electrons. The first-order valence-electron chi connectivity index (χ1n) is 20.2. The number of anilines is 3. The highest BCUT2D eigenvalue weighted by atomic mass is 16.6. The Labute approximate surface area is 408 Å². The van der Waals surface area contributed by atoms with Crippen LogP contribution in [0.5, 0.6) is 0 Å². The van der Waals surface area contributed by atoms with Crippen LogP contribution in [0.25, 0.3) is 0 Å². The summed E-state index contributed by atoms with van der Waals surface area (Å²) in [5, 5.41) is 32.6. The first-order chi connectivity index (χ1) is 33.8. The van der Waals surface area contributed by atoms with Crippen molar-refractivity contribution in [3.63, 3.8) is 0 Å². The van der Waals surface area contributed by atoms with Crippen molar-refractivity contribution >= 4 is 88.3 Å². The third-order valence-corrected chi connectivity index (χ3v) is 6.95. The zero-order chi connectivity index (χ0) is 55.0. The average Bonchev–Trinajstić information content (AvgIpc) is 3.97. The Hall–Kier alpha value is -8.66. The molecule has 5 rings (SSSR count). The maximum Gasteiger partial charge on any atom is 0.315 e. The number of cyclic esters (lactones) is 4. The van der Waals surface area contributed by atoms with E-state index in [1.54, 1.807) is 48.5 Å². The summed E-state index contributed by atoms with van der Waals surface area (Å²) in [7, 11) is 7.86. The molecule has 0 spiro atoms. The fourth-order valence-electron chi connectivity index (χ4n) is 3.73. The van der Waals surface area contributed by atoms with Crippen LogP contribution in [0, 0.1) is 0 Å². The van der Waals surface area contributed by atoms with Gasteiger partial charge in [-0.25, -0.2) is 11.0 Å². The highest BCUT2D eigenvalue weighted by molar-refractivity contribution is 6.03. The minimum atomic E-state index is -0.738. The minimum Gasteiger partial charge on any atom is -0.469 e. The molecule has 27 nitrogen and oxygen atoms in total. The molecule has 0 saturated carbocycles. The minimum absolute atomic E-state index is 0.201. The molecule has 0 atom stereocenters. The summed E-state index contributed by atoms with van der Waals surface area (Å²) in [5.74, 6) is -5.71. The first kappa shape index (κ1) is 68.9. The molecule has 0 aromatic heterocycles. The molecule has 3 aromatic rings. The van der Waals surface area contributed by atoms with E-state index in [0.29, 0.717) is 11.4 Å². The number of rotatable bonds is 10. The molecular formula is C44H62N8O19. The lowest BCUT2D eigenvalue weighted by Crippen LogP contribution is -2.27. The van der Waals surface area contributed by atoms with E-state index in [-0.39, 0.29) is 56.8 Å². The Kier molecular flexibility index (Phi) is 45.1. The van der Waals surface area contributed by atoms with Gasteiger partial charge in [0.2, 0.25) is 23.6 Å². The van der Waals surface area contributed by atoms with E-state index in [1.165, 1.54) is 46.3 Å². The molecule has 2 heterocycles. The second-order valence-electron chi connectivity index (χ2n) is 12.2. The van der Waals surface area contributed by atoms with Crippen molar-refractivity contribution in [2.75, 3.05) is 58.8 Å². The number of nitrogens with one attached hydrogen (secondary N) is 6. The molecule has 0 aliphatic carbocycles. The third-order valence-electron chi connectivity index (χ3n) is 6.95. The van der Waals surface area contributed by atoms with Gasteiger partial charge >= 0.3 is 35.8 Å². The standard InChI is InChI=1S/C10H11NO3.C9H10N2O3.C6H7N.C5H9NO3.C4H8N2O3.2C4H4O3.CH5N.CH4O/c1-14-10(13)7-9(12)11-8-5-3-2-4-6-8;12-8(6-9(13)11-14)10-7-4-2-1-3-5-7;7-6-4-2-1-3-5-6;1-6-4(7)3-5(8)9-2;1-5-3(7)2-4(8)6-9;2*5-3-1-2-4(6)7-3;2*1-2/h2-6H,7H2,1H3,(H,11,12);1-5,14H,6H2,(H,10,12)(H,11,13);1-5H,7H2;3H2,1-2H3,(H,6,7);9H,2H2,1H3,(H,5,7)(H,6,8);2*1-2H2;2H2,1H3;2H,1H3.